The molecular formula is C18H19Cl2N4O3+. The first-order valence-electron chi connectivity index (χ1n) is 8.50. The molecule has 0 saturated carbocycles. The van der Waals surface area contributed by atoms with E-state index in [0.717, 1.165) is 31.9 Å². The molecule has 1 fully saturated rings. The van der Waals surface area contributed by atoms with E-state index >= 15 is 0 Å². The van der Waals surface area contributed by atoms with Crippen molar-refractivity contribution in [1.29, 1.82) is 0 Å². The third kappa shape index (κ3) is 5.09. The number of halogens is 2. The fourth-order valence-corrected chi connectivity index (χ4v) is 3.39. The topological polar surface area (TPSA) is 79.9 Å². The standard InChI is InChI=1S/C18H18Cl2N4O3/c19-13-1-6-16(20)17(11-13)21-18(25)12-22-7-9-23(10-8-22)14-2-4-15(5-3-14)24(26)27/h1-6,11H,7-10,12H2,(H,21,25)/p+1. The number of nitro groups is 1. The normalized spacial score (nSPS) is 14.8. The smallest absolute Gasteiger partial charge is 0.279 e. The SMILES string of the molecule is O=C(C[NH+]1CCN(c2ccc([N+](=O)[O-])cc2)CC1)Nc1cc(Cl)ccc1Cl. The number of nitro benzene ring substituents is 1. The van der Waals surface area contributed by atoms with Crippen LogP contribution in [0.25, 0.3) is 0 Å². The van der Waals surface area contributed by atoms with Crippen LogP contribution in [0.5, 0.6) is 0 Å². The molecular weight excluding hydrogens is 391 g/mol. The van der Waals surface area contributed by atoms with Crippen LogP contribution in [-0.2, 0) is 4.79 Å². The van der Waals surface area contributed by atoms with E-state index in [4.69, 9.17) is 23.2 Å². The molecule has 3 rings (SSSR count). The monoisotopic (exact) mass is 409 g/mol. The van der Waals surface area contributed by atoms with Crippen LogP contribution in [0.15, 0.2) is 42.5 Å². The van der Waals surface area contributed by atoms with E-state index in [9.17, 15) is 14.9 Å². The van der Waals surface area contributed by atoms with Crippen LogP contribution in [0, 0.1) is 10.1 Å². The number of carbonyl (C=O) groups is 1. The van der Waals surface area contributed by atoms with Gasteiger partial charge < -0.3 is 15.1 Å². The van der Waals surface area contributed by atoms with Crippen LogP contribution in [-0.4, -0.2) is 43.6 Å². The molecule has 0 unspecified atom stereocenters. The summed E-state index contributed by atoms with van der Waals surface area (Å²) in [6.45, 7) is 3.50. The number of piperazine rings is 1. The average molecular weight is 410 g/mol. The minimum absolute atomic E-state index is 0.0827. The summed E-state index contributed by atoms with van der Waals surface area (Å²) in [5, 5.41) is 14.5. The number of rotatable bonds is 5. The van der Waals surface area contributed by atoms with Crippen molar-refractivity contribution in [3.8, 4) is 0 Å². The Morgan fingerprint density at radius 1 is 1.15 bits per heavy atom. The molecule has 9 heteroatoms. The maximum absolute atomic E-state index is 12.3. The number of hydrogen-bond donors (Lipinski definition) is 2. The molecule has 1 amide bonds. The predicted molar refractivity (Wildman–Crippen MR) is 106 cm³/mol. The van der Waals surface area contributed by atoms with Gasteiger partial charge in [-0.15, -0.1) is 0 Å². The summed E-state index contributed by atoms with van der Waals surface area (Å²) in [6, 6.07) is 11.5. The minimum Gasteiger partial charge on any atom is -0.360 e. The van der Waals surface area contributed by atoms with E-state index in [0.29, 0.717) is 22.3 Å². The van der Waals surface area contributed by atoms with Gasteiger partial charge in [-0.25, -0.2) is 0 Å². The van der Waals surface area contributed by atoms with Gasteiger partial charge in [0.15, 0.2) is 6.54 Å². The zero-order valence-electron chi connectivity index (χ0n) is 14.5. The van der Waals surface area contributed by atoms with Crippen molar-refractivity contribution in [2.45, 2.75) is 0 Å². The molecule has 0 bridgehead atoms. The summed E-state index contributed by atoms with van der Waals surface area (Å²) < 4.78 is 0. The Kier molecular flexibility index (Phi) is 6.15. The number of anilines is 2. The molecule has 142 valence electrons. The maximum Gasteiger partial charge on any atom is 0.279 e. The van der Waals surface area contributed by atoms with Gasteiger partial charge in [0.05, 0.1) is 41.8 Å². The summed E-state index contributed by atoms with van der Waals surface area (Å²) in [5.74, 6) is -0.113. The summed E-state index contributed by atoms with van der Waals surface area (Å²) in [4.78, 5) is 26.0. The minimum atomic E-state index is -0.406. The summed E-state index contributed by atoms with van der Waals surface area (Å²) in [7, 11) is 0. The molecule has 2 N–H and O–H groups in total. The second-order valence-corrected chi connectivity index (χ2v) is 7.20. The van der Waals surface area contributed by atoms with Gasteiger partial charge in [0, 0.05) is 22.8 Å². The van der Waals surface area contributed by atoms with Crippen molar-refractivity contribution < 1.29 is 14.6 Å². The number of nitrogens with one attached hydrogen (secondary N) is 2. The third-order valence-corrected chi connectivity index (χ3v) is 5.07. The van der Waals surface area contributed by atoms with Crippen LogP contribution >= 0.6 is 23.2 Å². The van der Waals surface area contributed by atoms with E-state index in [2.05, 4.69) is 10.2 Å². The van der Waals surface area contributed by atoms with Crippen LogP contribution in [0.2, 0.25) is 10.0 Å². The highest BCUT2D eigenvalue weighted by Crippen LogP contribution is 2.25. The Morgan fingerprint density at radius 2 is 1.81 bits per heavy atom. The van der Waals surface area contributed by atoms with Crippen LogP contribution in [0.4, 0.5) is 17.1 Å². The zero-order chi connectivity index (χ0) is 19.4. The van der Waals surface area contributed by atoms with Gasteiger partial charge in [0.25, 0.3) is 11.6 Å². The van der Waals surface area contributed by atoms with Crippen molar-refractivity contribution in [2.24, 2.45) is 0 Å². The van der Waals surface area contributed by atoms with Crippen molar-refractivity contribution in [2.75, 3.05) is 42.9 Å². The fraction of sp³-hybridized carbons (Fsp3) is 0.278. The van der Waals surface area contributed by atoms with Gasteiger partial charge in [0.1, 0.15) is 0 Å². The van der Waals surface area contributed by atoms with Crippen molar-refractivity contribution >= 4 is 46.2 Å². The number of non-ortho nitro benzene ring substituents is 1. The van der Waals surface area contributed by atoms with Crippen molar-refractivity contribution in [3.05, 3.63) is 62.6 Å². The first-order valence-corrected chi connectivity index (χ1v) is 9.26. The van der Waals surface area contributed by atoms with E-state index in [1.807, 2.05) is 0 Å². The molecule has 0 aliphatic carbocycles. The van der Waals surface area contributed by atoms with Gasteiger partial charge in [-0.05, 0) is 30.3 Å². The Morgan fingerprint density at radius 3 is 2.44 bits per heavy atom. The summed E-state index contributed by atoms with van der Waals surface area (Å²) in [5.41, 5.74) is 1.55. The highest BCUT2D eigenvalue weighted by Gasteiger charge is 2.23. The second kappa shape index (κ2) is 8.56. The van der Waals surface area contributed by atoms with Crippen LogP contribution in [0.1, 0.15) is 0 Å². The number of amides is 1. The van der Waals surface area contributed by atoms with E-state index in [-0.39, 0.29) is 11.6 Å². The lowest BCUT2D eigenvalue weighted by atomic mass is 10.2. The highest BCUT2D eigenvalue weighted by molar-refractivity contribution is 6.35. The molecule has 1 aliphatic heterocycles. The lowest BCUT2D eigenvalue weighted by Gasteiger charge is -2.33. The summed E-state index contributed by atoms with van der Waals surface area (Å²) >= 11 is 12.0. The molecule has 7 nitrogen and oxygen atoms in total. The zero-order valence-corrected chi connectivity index (χ0v) is 16.0. The Balaban J connectivity index is 1.51. The molecule has 1 heterocycles. The van der Waals surface area contributed by atoms with E-state index in [1.54, 1.807) is 30.3 Å². The number of benzene rings is 2. The number of hydrogen-bond acceptors (Lipinski definition) is 4. The van der Waals surface area contributed by atoms with E-state index in [1.165, 1.54) is 17.0 Å². The maximum atomic E-state index is 12.3. The molecule has 0 atom stereocenters. The third-order valence-electron chi connectivity index (χ3n) is 4.51. The largest absolute Gasteiger partial charge is 0.360 e. The lowest BCUT2D eigenvalue weighted by molar-refractivity contribution is -0.892. The van der Waals surface area contributed by atoms with Gasteiger partial charge >= 0.3 is 0 Å². The quantitative estimate of drug-likeness (QED) is 0.586. The molecule has 0 aromatic heterocycles. The van der Waals surface area contributed by atoms with Gasteiger partial charge in [-0.3, -0.25) is 14.9 Å². The van der Waals surface area contributed by atoms with Crippen molar-refractivity contribution in [3.63, 3.8) is 0 Å². The number of quaternary nitrogens is 1. The molecule has 0 spiro atoms. The average Bonchev–Trinajstić information content (AvgIpc) is 2.65. The molecule has 1 aliphatic rings. The molecule has 0 radical (unpaired) electrons. The molecule has 2 aromatic carbocycles. The fourth-order valence-electron chi connectivity index (χ4n) is 3.06. The van der Waals surface area contributed by atoms with Crippen LogP contribution < -0.4 is 15.1 Å². The molecule has 1 saturated heterocycles. The van der Waals surface area contributed by atoms with Crippen molar-refractivity contribution in [1.82, 2.24) is 0 Å². The van der Waals surface area contributed by atoms with Crippen LogP contribution in [0.3, 0.4) is 0 Å². The molecule has 2 aromatic rings. The number of carbonyl (C=O) groups excluding carboxylic acids is 1. The first kappa shape index (κ1) is 19.4. The van der Waals surface area contributed by atoms with Gasteiger partial charge in [-0.1, -0.05) is 23.2 Å². The lowest BCUT2D eigenvalue weighted by Crippen LogP contribution is -3.15. The summed E-state index contributed by atoms with van der Waals surface area (Å²) in [6.07, 6.45) is 0. The Labute approximate surface area is 166 Å². The Hall–Kier alpha value is -2.35. The number of nitrogens with zero attached hydrogens (tertiary/aromatic N) is 2. The predicted octanol–water partition coefficient (Wildman–Crippen LogP) is 2.25. The Bertz CT molecular complexity index is 837. The second-order valence-electron chi connectivity index (χ2n) is 6.36. The van der Waals surface area contributed by atoms with Gasteiger partial charge in [-0.2, -0.15) is 0 Å². The first-order chi connectivity index (χ1) is 12.9. The van der Waals surface area contributed by atoms with Gasteiger partial charge in [0.2, 0.25) is 0 Å². The van der Waals surface area contributed by atoms with E-state index < -0.39 is 4.92 Å². The molecule has 27 heavy (non-hydrogen) atoms. The highest BCUT2D eigenvalue weighted by atomic mass is 35.5.